The molecule has 0 aliphatic heterocycles. The lowest BCUT2D eigenvalue weighted by molar-refractivity contribution is -0.152. The highest BCUT2D eigenvalue weighted by molar-refractivity contribution is 5.71. The van der Waals surface area contributed by atoms with Crippen molar-refractivity contribution in [1.29, 1.82) is 0 Å². The molecule has 0 spiro atoms. The third-order valence-electron chi connectivity index (χ3n) is 4.95. The maximum absolute atomic E-state index is 11.5. The van der Waals surface area contributed by atoms with Crippen molar-refractivity contribution in [1.82, 2.24) is 0 Å². The van der Waals surface area contributed by atoms with Gasteiger partial charge in [-0.1, -0.05) is 49.6 Å². The van der Waals surface area contributed by atoms with Crippen molar-refractivity contribution in [3.8, 4) is 0 Å². The largest absolute Gasteiger partial charge is 0.480 e. The molecule has 0 radical (unpaired) electrons. The lowest BCUT2D eigenvalue weighted by Crippen LogP contribution is -2.21. The SMILES string of the molecule is C=CCC(C=C)OC(=O)COCCOCCOCC(=O)OC(C=C)CC=C.C=CCC(O)C=C.O=C(O)COCCOCCOCC(=O)O. The van der Waals surface area contributed by atoms with Gasteiger partial charge in [0.25, 0.3) is 0 Å². The Morgan fingerprint density at radius 2 is 0.776 bits per heavy atom. The van der Waals surface area contributed by atoms with Crippen LogP contribution in [0, 0.1) is 0 Å². The van der Waals surface area contributed by atoms with E-state index in [-0.39, 0.29) is 79.3 Å². The summed E-state index contributed by atoms with van der Waals surface area (Å²) in [5.41, 5.74) is 0. The number of rotatable bonds is 31. The quantitative estimate of drug-likeness (QED) is 0.0540. The predicted octanol–water partition coefficient (Wildman–Crippen LogP) is 2.70. The lowest BCUT2D eigenvalue weighted by Gasteiger charge is -2.12. The third kappa shape index (κ3) is 42.0. The maximum atomic E-state index is 11.5. The van der Waals surface area contributed by atoms with Crippen molar-refractivity contribution >= 4 is 23.9 Å². The fourth-order valence-corrected chi connectivity index (χ4v) is 2.69. The number of esters is 2. The van der Waals surface area contributed by atoms with Crippen LogP contribution in [0.1, 0.15) is 19.3 Å². The second-order valence-corrected chi connectivity index (χ2v) is 9.13. The van der Waals surface area contributed by atoms with Crippen LogP contribution >= 0.6 is 0 Å². The Morgan fingerprint density at radius 3 is 1.02 bits per heavy atom. The number of carboxylic acid groups (broad SMARTS) is 2. The summed E-state index contributed by atoms with van der Waals surface area (Å²) in [7, 11) is 0. The summed E-state index contributed by atoms with van der Waals surface area (Å²) >= 11 is 0. The second kappa shape index (κ2) is 38.5. The fourth-order valence-electron chi connectivity index (χ4n) is 2.69. The summed E-state index contributed by atoms with van der Waals surface area (Å²) in [6.07, 6.45) is 9.95. The van der Waals surface area contributed by atoms with Gasteiger partial charge in [0.2, 0.25) is 0 Å². The molecule has 3 N–H and O–H groups in total. The number of aliphatic hydroxyl groups excluding tert-OH is 1. The minimum Gasteiger partial charge on any atom is -0.480 e. The highest BCUT2D eigenvalue weighted by atomic mass is 16.6. The molecule has 3 unspecified atom stereocenters. The van der Waals surface area contributed by atoms with Crippen molar-refractivity contribution in [2.75, 3.05) is 79.3 Å². The van der Waals surface area contributed by atoms with E-state index in [0.717, 1.165) is 0 Å². The van der Waals surface area contributed by atoms with E-state index >= 15 is 0 Å². The first-order valence-corrected chi connectivity index (χ1v) is 15.2. The molecule has 0 saturated heterocycles. The van der Waals surface area contributed by atoms with Gasteiger partial charge in [0, 0.05) is 12.8 Å². The number of carbonyl (C=O) groups is 4. The average Bonchev–Trinajstić information content (AvgIpc) is 3.06. The van der Waals surface area contributed by atoms with E-state index < -0.39 is 42.2 Å². The van der Waals surface area contributed by atoms with Crippen LogP contribution in [-0.4, -0.2) is 137 Å². The van der Waals surface area contributed by atoms with E-state index in [4.69, 9.17) is 43.7 Å². The smallest absolute Gasteiger partial charge is 0.332 e. The minimum absolute atomic E-state index is 0.164. The molecule has 280 valence electrons. The molecule has 0 aromatic rings. The predicted molar refractivity (Wildman–Crippen MR) is 181 cm³/mol. The molecule has 0 fully saturated rings. The van der Waals surface area contributed by atoms with Crippen LogP contribution in [0.4, 0.5) is 0 Å². The summed E-state index contributed by atoms with van der Waals surface area (Å²) in [5.74, 6) is -3.00. The molecule has 15 nitrogen and oxygen atoms in total. The molecular weight excluding hydrogens is 648 g/mol. The Balaban J connectivity index is -0.000000799. The van der Waals surface area contributed by atoms with E-state index in [1.54, 1.807) is 18.2 Å². The van der Waals surface area contributed by atoms with E-state index in [1.165, 1.54) is 18.2 Å². The molecule has 0 aliphatic rings. The Kier molecular flexibility index (Phi) is 38.8. The highest BCUT2D eigenvalue weighted by Crippen LogP contribution is 2.02. The van der Waals surface area contributed by atoms with Crippen LogP contribution in [0.15, 0.2) is 75.9 Å². The summed E-state index contributed by atoms with van der Waals surface area (Å²) in [6, 6.07) is 0. The molecular formula is C34H54O15. The molecule has 0 aromatic heterocycles. The summed E-state index contributed by atoms with van der Waals surface area (Å²) < 4.78 is 40.1. The molecule has 0 saturated carbocycles. The van der Waals surface area contributed by atoms with Crippen LogP contribution in [0.2, 0.25) is 0 Å². The zero-order valence-corrected chi connectivity index (χ0v) is 28.3. The third-order valence-corrected chi connectivity index (χ3v) is 4.95. The van der Waals surface area contributed by atoms with Crippen LogP contribution in [-0.2, 0) is 57.1 Å². The van der Waals surface area contributed by atoms with E-state index in [2.05, 4.69) is 48.9 Å². The van der Waals surface area contributed by atoms with Crippen molar-refractivity contribution in [3.63, 3.8) is 0 Å². The molecule has 0 bridgehead atoms. The Labute approximate surface area is 289 Å². The van der Waals surface area contributed by atoms with Crippen LogP contribution < -0.4 is 0 Å². The molecule has 0 heterocycles. The van der Waals surface area contributed by atoms with E-state index in [1.807, 2.05) is 0 Å². The number of hydrogen-bond acceptors (Lipinski definition) is 13. The molecule has 0 rings (SSSR count). The number of aliphatic carboxylic acids is 2. The number of ether oxygens (including phenoxy) is 8. The molecule has 15 heteroatoms. The van der Waals surface area contributed by atoms with Gasteiger partial charge in [-0.2, -0.15) is 0 Å². The summed E-state index contributed by atoms with van der Waals surface area (Å²) in [5, 5.41) is 25.1. The minimum atomic E-state index is -1.03. The normalized spacial score (nSPS) is 11.8. The molecule has 49 heavy (non-hydrogen) atoms. The van der Waals surface area contributed by atoms with Gasteiger partial charge in [-0.3, -0.25) is 0 Å². The van der Waals surface area contributed by atoms with Crippen LogP contribution in [0.25, 0.3) is 0 Å². The topological polar surface area (TPSA) is 203 Å². The molecule has 0 aromatic carbocycles. The van der Waals surface area contributed by atoms with Crippen molar-refractivity contribution < 1.29 is 72.4 Å². The van der Waals surface area contributed by atoms with Gasteiger partial charge >= 0.3 is 23.9 Å². The zero-order valence-electron chi connectivity index (χ0n) is 28.3. The zero-order chi connectivity index (χ0) is 37.5. The molecule has 0 amide bonds. The van der Waals surface area contributed by atoms with Crippen LogP contribution in [0.5, 0.6) is 0 Å². The monoisotopic (exact) mass is 702 g/mol. The number of hydrogen-bond donors (Lipinski definition) is 3. The van der Waals surface area contributed by atoms with Gasteiger partial charge in [-0.15, -0.1) is 26.3 Å². The van der Waals surface area contributed by atoms with Crippen molar-refractivity contribution in [2.45, 2.75) is 37.6 Å². The highest BCUT2D eigenvalue weighted by Gasteiger charge is 2.10. The Bertz CT molecular complexity index is 873. The van der Waals surface area contributed by atoms with Crippen LogP contribution in [0.3, 0.4) is 0 Å². The Morgan fingerprint density at radius 1 is 0.469 bits per heavy atom. The average molecular weight is 703 g/mol. The van der Waals surface area contributed by atoms with Gasteiger partial charge in [-0.25, -0.2) is 19.2 Å². The van der Waals surface area contributed by atoms with Crippen molar-refractivity contribution in [3.05, 3.63) is 75.9 Å². The standard InChI is InChI=1S/C20H30O7.C8H14O7.C6H10O/c1-5-9-17(7-3)26-19(21)15-24-13-11-23-12-14-25-16-20(22)27-18(8-4)10-6-2;9-7(10)5-14-3-1-13-2-4-15-6-8(11)12;1-3-5-6(7)4-2/h5-8,17-18H,1-4,9-16H2;1-6H2,(H,9,10)(H,11,12);3-4,6-7H,1-2,5H2. The van der Waals surface area contributed by atoms with Gasteiger partial charge in [0.05, 0.1) is 59.0 Å². The lowest BCUT2D eigenvalue weighted by atomic mass is 10.2. The first kappa shape index (κ1) is 49.4. The van der Waals surface area contributed by atoms with Crippen molar-refractivity contribution in [2.24, 2.45) is 0 Å². The number of aliphatic hydroxyl groups is 1. The van der Waals surface area contributed by atoms with Gasteiger partial charge in [0.15, 0.2) is 0 Å². The second-order valence-electron chi connectivity index (χ2n) is 9.13. The molecule has 3 atom stereocenters. The van der Waals surface area contributed by atoms with Gasteiger partial charge in [0.1, 0.15) is 38.6 Å². The summed E-state index contributed by atoms with van der Waals surface area (Å²) in [4.78, 5) is 43.0. The number of carboxylic acids is 2. The molecule has 0 aliphatic carbocycles. The Hall–Kier alpha value is -3.96. The first-order valence-electron chi connectivity index (χ1n) is 15.2. The first-order chi connectivity index (χ1) is 23.5. The maximum Gasteiger partial charge on any atom is 0.332 e. The van der Waals surface area contributed by atoms with Gasteiger partial charge in [-0.05, 0) is 6.42 Å². The van der Waals surface area contributed by atoms with Gasteiger partial charge < -0.3 is 53.2 Å². The summed E-state index contributed by atoms with van der Waals surface area (Å²) in [6.45, 7) is 22.0. The van der Waals surface area contributed by atoms with E-state index in [0.29, 0.717) is 19.3 Å². The fraction of sp³-hybridized carbons (Fsp3) is 0.529. The van der Waals surface area contributed by atoms with E-state index in [9.17, 15) is 19.2 Å². The number of carbonyl (C=O) groups excluding carboxylic acids is 2.